The Balaban J connectivity index is 1.47. The van der Waals surface area contributed by atoms with Crippen molar-refractivity contribution in [1.29, 1.82) is 0 Å². The SMILES string of the molecule is COc1cc(C(=O)OCC(=O)NCC(=O)Nc2c(C)cc(C)cc2C)ccc1OCc1ccccc1. The highest BCUT2D eigenvalue weighted by atomic mass is 16.5. The average molecular weight is 491 g/mol. The van der Waals surface area contributed by atoms with E-state index < -0.39 is 18.5 Å². The lowest BCUT2D eigenvalue weighted by molar-refractivity contribution is -0.126. The van der Waals surface area contributed by atoms with Gasteiger partial charge < -0.3 is 24.8 Å². The normalized spacial score (nSPS) is 10.3. The molecule has 3 rings (SSSR count). The summed E-state index contributed by atoms with van der Waals surface area (Å²) in [6.45, 7) is 5.37. The zero-order chi connectivity index (χ0) is 26.1. The van der Waals surface area contributed by atoms with Crippen LogP contribution in [0, 0.1) is 20.8 Å². The highest BCUT2D eigenvalue weighted by Crippen LogP contribution is 2.29. The van der Waals surface area contributed by atoms with Crippen LogP contribution in [0.3, 0.4) is 0 Å². The fraction of sp³-hybridized carbons (Fsp3) is 0.250. The van der Waals surface area contributed by atoms with Gasteiger partial charge in [0.2, 0.25) is 5.91 Å². The zero-order valence-corrected chi connectivity index (χ0v) is 20.8. The number of nitrogens with one attached hydrogen (secondary N) is 2. The van der Waals surface area contributed by atoms with Crippen molar-refractivity contribution in [2.45, 2.75) is 27.4 Å². The van der Waals surface area contributed by atoms with Crippen LogP contribution in [0.4, 0.5) is 5.69 Å². The molecular formula is C28H30N2O6. The summed E-state index contributed by atoms with van der Waals surface area (Å²) in [6.07, 6.45) is 0. The molecule has 0 aromatic heterocycles. The van der Waals surface area contributed by atoms with Crippen molar-refractivity contribution < 1.29 is 28.6 Å². The van der Waals surface area contributed by atoms with E-state index in [0.717, 1.165) is 27.9 Å². The molecular weight excluding hydrogens is 460 g/mol. The molecule has 0 saturated carbocycles. The lowest BCUT2D eigenvalue weighted by atomic mass is 10.1. The van der Waals surface area contributed by atoms with Crippen molar-refractivity contribution in [3.63, 3.8) is 0 Å². The number of ether oxygens (including phenoxy) is 3. The number of benzene rings is 3. The molecule has 36 heavy (non-hydrogen) atoms. The van der Waals surface area contributed by atoms with Crippen LogP contribution in [-0.4, -0.2) is 38.0 Å². The summed E-state index contributed by atoms with van der Waals surface area (Å²) < 4.78 is 16.2. The maximum absolute atomic E-state index is 12.4. The minimum Gasteiger partial charge on any atom is -0.493 e. The molecule has 0 aliphatic carbocycles. The monoisotopic (exact) mass is 490 g/mol. The summed E-state index contributed by atoms with van der Waals surface area (Å²) in [6, 6.07) is 18.2. The third-order valence-electron chi connectivity index (χ3n) is 5.36. The predicted molar refractivity (Wildman–Crippen MR) is 136 cm³/mol. The summed E-state index contributed by atoms with van der Waals surface area (Å²) in [5.41, 5.74) is 4.89. The third-order valence-corrected chi connectivity index (χ3v) is 5.36. The van der Waals surface area contributed by atoms with Gasteiger partial charge in [-0.3, -0.25) is 9.59 Å². The molecule has 8 nitrogen and oxygen atoms in total. The first-order valence-electron chi connectivity index (χ1n) is 11.4. The Morgan fingerprint density at radius 1 is 0.833 bits per heavy atom. The van der Waals surface area contributed by atoms with Crippen molar-refractivity contribution in [2.75, 3.05) is 25.6 Å². The summed E-state index contributed by atoms with van der Waals surface area (Å²) in [5, 5.41) is 5.25. The largest absolute Gasteiger partial charge is 0.493 e. The number of amides is 2. The molecule has 0 atom stereocenters. The Kier molecular flexibility index (Phi) is 9.05. The fourth-order valence-electron chi connectivity index (χ4n) is 3.65. The summed E-state index contributed by atoms with van der Waals surface area (Å²) in [5.74, 6) is -0.830. The van der Waals surface area contributed by atoms with Crippen molar-refractivity contribution in [1.82, 2.24) is 5.32 Å². The molecule has 0 saturated heterocycles. The molecule has 2 amide bonds. The lowest BCUT2D eigenvalue weighted by Crippen LogP contribution is -2.35. The summed E-state index contributed by atoms with van der Waals surface area (Å²) in [4.78, 5) is 36.8. The quantitative estimate of drug-likeness (QED) is 0.415. The van der Waals surface area contributed by atoms with Gasteiger partial charge in [-0.05, 0) is 55.7 Å². The van der Waals surface area contributed by atoms with E-state index in [9.17, 15) is 14.4 Å². The number of anilines is 1. The second kappa shape index (κ2) is 12.4. The molecule has 8 heteroatoms. The Morgan fingerprint density at radius 3 is 2.19 bits per heavy atom. The van der Waals surface area contributed by atoms with Crippen LogP contribution in [0.15, 0.2) is 60.7 Å². The van der Waals surface area contributed by atoms with Gasteiger partial charge in [0.15, 0.2) is 18.1 Å². The molecule has 3 aromatic rings. The van der Waals surface area contributed by atoms with Gasteiger partial charge in [-0.15, -0.1) is 0 Å². The molecule has 3 aromatic carbocycles. The third kappa shape index (κ3) is 7.33. The zero-order valence-electron chi connectivity index (χ0n) is 20.8. The Hall–Kier alpha value is -4.33. The lowest BCUT2D eigenvalue weighted by Gasteiger charge is -2.13. The van der Waals surface area contributed by atoms with Crippen LogP contribution < -0.4 is 20.1 Å². The molecule has 0 aliphatic heterocycles. The standard InChI is InChI=1S/C28H30N2O6/c1-18-12-19(2)27(20(3)13-18)30-25(31)15-29-26(32)17-36-28(33)22-10-11-23(24(14-22)34-4)35-16-21-8-6-5-7-9-21/h5-14H,15-17H2,1-4H3,(H,29,32)(H,30,31). The number of rotatable bonds is 10. The van der Waals surface area contributed by atoms with E-state index in [2.05, 4.69) is 10.6 Å². The van der Waals surface area contributed by atoms with Gasteiger partial charge in [-0.25, -0.2) is 4.79 Å². The fourth-order valence-corrected chi connectivity index (χ4v) is 3.65. The van der Waals surface area contributed by atoms with E-state index in [1.54, 1.807) is 6.07 Å². The van der Waals surface area contributed by atoms with E-state index >= 15 is 0 Å². The summed E-state index contributed by atoms with van der Waals surface area (Å²) >= 11 is 0. The molecule has 0 spiro atoms. The Bertz CT molecular complexity index is 1220. The molecule has 0 unspecified atom stereocenters. The van der Waals surface area contributed by atoms with Crippen molar-refractivity contribution in [3.05, 3.63) is 88.5 Å². The number of esters is 1. The molecule has 0 bridgehead atoms. The van der Waals surface area contributed by atoms with Gasteiger partial charge in [0.1, 0.15) is 6.61 Å². The number of aryl methyl sites for hydroxylation is 3. The molecule has 0 radical (unpaired) electrons. The Morgan fingerprint density at radius 2 is 1.53 bits per heavy atom. The van der Waals surface area contributed by atoms with Crippen LogP contribution in [0.25, 0.3) is 0 Å². The van der Waals surface area contributed by atoms with Gasteiger partial charge in [0, 0.05) is 5.69 Å². The predicted octanol–water partition coefficient (Wildman–Crippen LogP) is 4.11. The average Bonchev–Trinajstić information content (AvgIpc) is 2.87. The van der Waals surface area contributed by atoms with Gasteiger partial charge in [0.25, 0.3) is 5.91 Å². The maximum Gasteiger partial charge on any atom is 0.338 e. The van der Waals surface area contributed by atoms with Crippen LogP contribution in [0.2, 0.25) is 0 Å². The van der Waals surface area contributed by atoms with E-state index in [4.69, 9.17) is 14.2 Å². The topological polar surface area (TPSA) is 103 Å². The maximum atomic E-state index is 12.4. The minimum absolute atomic E-state index is 0.203. The summed E-state index contributed by atoms with van der Waals surface area (Å²) in [7, 11) is 1.47. The van der Waals surface area contributed by atoms with Crippen molar-refractivity contribution in [2.24, 2.45) is 0 Å². The smallest absolute Gasteiger partial charge is 0.338 e. The molecule has 2 N–H and O–H groups in total. The second-order valence-corrected chi connectivity index (χ2v) is 8.31. The first-order valence-corrected chi connectivity index (χ1v) is 11.4. The number of carbonyl (C=O) groups excluding carboxylic acids is 3. The number of hydrogen-bond acceptors (Lipinski definition) is 6. The van der Waals surface area contributed by atoms with E-state index in [-0.39, 0.29) is 18.0 Å². The molecule has 188 valence electrons. The van der Waals surface area contributed by atoms with E-state index in [1.807, 2.05) is 63.2 Å². The highest BCUT2D eigenvalue weighted by Gasteiger charge is 2.15. The number of carbonyl (C=O) groups is 3. The number of hydrogen-bond donors (Lipinski definition) is 2. The van der Waals surface area contributed by atoms with Gasteiger partial charge in [0.05, 0.1) is 19.2 Å². The molecule has 0 heterocycles. The van der Waals surface area contributed by atoms with Crippen LogP contribution in [-0.2, 0) is 20.9 Å². The number of methoxy groups -OCH3 is 1. The first-order chi connectivity index (χ1) is 17.3. The van der Waals surface area contributed by atoms with E-state index in [0.29, 0.717) is 18.1 Å². The van der Waals surface area contributed by atoms with Crippen LogP contribution in [0.5, 0.6) is 11.5 Å². The molecule has 0 fully saturated rings. The van der Waals surface area contributed by atoms with Gasteiger partial charge in [-0.1, -0.05) is 48.0 Å². The van der Waals surface area contributed by atoms with Crippen LogP contribution >= 0.6 is 0 Å². The Labute approximate surface area is 210 Å². The van der Waals surface area contributed by atoms with Gasteiger partial charge >= 0.3 is 5.97 Å². The van der Waals surface area contributed by atoms with Gasteiger partial charge in [-0.2, -0.15) is 0 Å². The van der Waals surface area contributed by atoms with Crippen LogP contribution in [0.1, 0.15) is 32.6 Å². The first kappa shape index (κ1) is 26.3. The highest BCUT2D eigenvalue weighted by molar-refractivity contribution is 5.96. The van der Waals surface area contributed by atoms with Crippen molar-refractivity contribution in [3.8, 4) is 11.5 Å². The van der Waals surface area contributed by atoms with Crippen molar-refractivity contribution >= 4 is 23.5 Å². The second-order valence-electron chi connectivity index (χ2n) is 8.31. The minimum atomic E-state index is -0.701. The van der Waals surface area contributed by atoms with E-state index in [1.165, 1.54) is 19.2 Å². The molecule has 0 aliphatic rings.